The Morgan fingerprint density at radius 2 is 2.33 bits per heavy atom. The number of nitro groups is 1. The summed E-state index contributed by atoms with van der Waals surface area (Å²) in [5.41, 5.74) is 2.22. The van der Waals surface area contributed by atoms with Gasteiger partial charge in [-0.2, -0.15) is 4.39 Å². The molecule has 2 aromatic rings. The summed E-state index contributed by atoms with van der Waals surface area (Å²) >= 11 is 1.44. The molecule has 0 atom stereocenters. The van der Waals surface area contributed by atoms with Gasteiger partial charge in [0, 0.05) is 12.4 Å². The highest BCUT2D eigenvalue weighted by molar-refractivity contribution is 7.07. The van der Waals surface area contributed by atoms with Gasteiger partial charge in [-0.15, -0.1) is 11.3 Å². The van der Waals surface area contributed by atoms with Gasteiger partial charge in [-0.1, -0.05) is 6.07 Å². The predicted octanol–water partition coefficient (Wildman–Crippen LogP) is 2.83. The number of halogens is 1. The van der Waals surface area contributed by atoms with Gasteiger partial charge in [0.25, 0.3) is 0 Å². The molecule has 2 rings (SSSR count). The van der Waals surface area contributed by atoms with Gasteiger partial charge in [-0.05, 0) is 12.1 Å². The van der Waals surface area contributed by atoms with Crippen LogP contribution < -0.4 is 4.90 Å². The number of hydrogen-bond donors (Lipinski definition) is 0. The van der Waals surface area contributed by atoms with Gasteiger partial charge in [0.2, 0.25) is 5.82 Å². The summed E-state index contributed by atoms with van der Waals surface area (Å²) in [5, 5.41) is 12.7. The van der Waals surface area contributed by atoms with E-state index >= 15 is 0 Å². The van der Waals surface area contributed by atoms with Crippen LogP contribution in [-0.4, -0.2) is 17.0 Å². The number of para-hydroxylation sites is 1. The molecule has 0 bridgehead atoms. The highest BCUT2D eigenvalue weighted by Gasteiger charge is 2.22. The molecule has 0 radical (unpaired) electrons. The molecule has 1 heterocycles. The fraction of sp³-hybridized carbons (Fsp3) is 0.182. The number of benzene rings is 1. The van der Waals surface area contributed by atoms with Crippen molar-refractivity contribution >= 4 is 22.7 Å². The Morgan fingerprint density at radius 1 is 1.56 bits per heavy atom. The first-order valence-electron chi connectivity index (χ1n) is 5.10. The third-order valence-electron chi connectivity index (χ3n) is 2.44. The van der Waals surface area contributed by atoms with Gasteiger partial charge in [0.15, 0.2) is 0 Å². The minimum absolute atomic E-state index is 0.244. The Kier molecular flexibility index (Phi) is 3.52. The molecule has 5 nitrogen and oxygen atoms in total. The van der Waals surface area contributed by atoms with Crippen LogP contribution in [0, 0.1) is 15.9 Å². The summed E-state index contributed by atoms with van der Waals surface area (Å²) in [6.07, 6.45) is 0. The summed E-state index contributed by atoms with van der Waals surface area (Å²) in [6.45, 7) is 0.397. The third-order valence-corrected chi connectivity index (χ3v) is 3.08. The van der Waals surface area contributed by atoms with Crippen LogP contribution in [0.4, 0.5) is 15.8 Å². The minimum atomic E-state index is -0.831. The van der Waals surface area contributed by atoms with E-state index in [4.69, 9.17) is 0 Å². The number of thiazole rings is 1. The van der Waals surface area contributed by atoms with Crippen molar-refractivity contribution in [1.82, 2.24) is 4.98 Å². The number of hydrogen-bond acceptors (Lipinski definition) is 5. The van der Waals surface area contributed by atoms with Crippen molar-refractivity contribution in [3.63, 3.8) is 0 Å². The van der Waals surface area contributed by atoms with Crippen LogP contribution in [0.25, 0.3) is 0 Å². The van der Waals surface area contributed by atoms with Crippen molar-refractivity contribution in [2.24, 2.45) is 0 Å². The molecular weight excluding hydrogens is 257 g/mol. The second kappa shape index (κ2) is 5.09. The zero-order valence-corrected chi connectivity index (χ0v) is 10.4. The van der Waals surface area contributed by atoms with Gasteiger partial charge in [-0.25, -0.2) is 4.98 Å². The Hall–Kier alpha value is -2.02. The van der Waals surface area contributed by atoms with E-state index in [1.807, 2.05) is 5.38 Å². The fourth-order valence-electron chi connectivity index (χ4n) is 1.64. The van der Waals surface area contributed by atoms with Crippen molar-refractivity contribution in [1.29, 1.82) is 0 Å². The fourth-order valence-corrected chi connectivity index (χ4v) is 2.19. The molecule has 94 valence electrons. The Balaban J connectivity index is 2.32. The highest BCUT2D eigenvalue weighted by atomic mass is 32.1. The maximum absolute atomic E-state index is 13.5. The zero-order chi connectivity index (χ0) is 13.1. The standard InChI is InChI=1S/C11H10FN3O2S/c1-14(5-8-6-18-7-13-8)10-4-2-3-9(12)11(10)15(16)17/h2-4,6-7H,5H2,1H3. The number of nitro benzene ring substituents is 1. The second-order valence-corrected chi connectivity index (χ2v) is 4.42. The Bertz CT molecular complexity index is 559. The lowest BCUT2D eigenvalue weighted by Gasteiger charge is -2.17. The normalized spacial score (nSPS) is 10.3. The van der Waals surface area contributed by atoms with Crippen molar-refractivity contribution in [2.45, 2.75) is 6.54 Å². The zero-order valence-electron chi connectivity index (χ0n) is 9.54. The van der Waals surface area contributed by atoms with E-state index in [1.165, 1.54) is 23.5 Å². The molecule has 7 heteroatoms. The molecule has 0 aliphatic heterocycles. The van der Waals surface area contributed by atoms with E-state index in [0.29, 0.717) is 6.54 Å². The molecule has 0 unspecified atom stereocenters. The van der Waals surface area contributed by atoms with E-state index in [1.54, 1.807) is 17.5 Å². The lowest BCUT2D eigenvalue weighted by Crippen LogP contribution is -2.18. The molecule has 1 aromatic heterocycles. The van der Waals surface area contributed by atoms with E-state index in [2.05, 4.69) is 4.98 Å². The quantitative estimate of drug-likeness (QED) is 0.631. The molecule has 0 aliphatic rings. The SMILES string of the molecule is CN(Cc1cscn1)c1cccc(F)c1[N+](=O)[O-]. The van der Waals surface area contributed by atoms with Gasteiger partial charge in [-0.3, -0.25) is 10.1 Å². The van der Waals surface area contributed by atoms with Gasteiger partial charge < -0.3 is 4.90 Å². The van der Waals surface area contributed by atoms with E-state index in [9.17, 15) is 14.5 Å². The first-order chi connectivity index (χ1) is 8.59. The first-order valence-corrected chi connectivity index (χ1v) is 6.05. The average Bonchev–Trinajstić information content (AvgIpc) is 2.80. The molecule has 0 N–H and O–H groups in total. The number of anilines is 1. The van der Waals surface area contributed by atoms with Crippen molar-refractivity contribution in [3.05, 3.63) is 50.7 Å². The molecule has 0 fully saturated rings. The van der Waals surface area contributed by atoms with Crippen LogP contribution in [0.15, 0.2) is 29.1 Å². The van der Waals surface area contributed by atoms with Crippen molar-refractivity contribution in [2.75, 3.05) is 11.9 Å². The third kappa shape index (κ3) is 2.45. The summed E-state index contributed by atoms with van der Waals surface area (Å²) in [4.78, 5) is 15.9. The molecule has 0 amide bonds. The lowest BCUT2D eigenvalue weighted by atomic mass is 10.2. The molecular formula is C11H10FN3O2S. The minimum Gasteiger partial charge on any atom is -0.363 e. The monoisotopic (exact) mass is 267 g/mol. The molecule has 0 saturated heterocycles. The van der Waals surface area contributed by atoms with Gasteiger partial charge >= 0.3 is 5.69 Å². The highest BCUT2D eigenvalue weighted by Crippen LogP contribution is 2.30. The van der Waals surface area contributed by atoms with Gasteiger partial charge in [0.1, 0.15) is 5.69 Å². The molecule has 18 heavy (non-hydrogen) atoms. The molecule has 0 aliphatic carbocycles. The Labute approximate surface area is 107 Å². The second-order valence-electron chi connectivity index (χ2n) is 3.70. The topological polar surface area (TPSA) is 59.3 Å². The van der Waals surface area contributed by atoms with Crippen molar-refractivity contribution in [3.8, 4) is 0 Å². The Morgan fingerprint density at radius 3 is 2.94 bits per heavy atom. The predicted molar refractivity (Wildman–Crippen MR) is 67.3 cm³/mol. The summed E-state index contributed by atoms with van der Waals surface area (Å²) in [6, 6.07) is 4.06. The maximum atomic E-state index is 13.5. The molecule has 0 saturated carbocycles. The van der Waals surface area contributed by atoms with Crippen LogP contribution in [0.2, 0.25) is 0 Å². The summed E-state index contributed by atoms with van der Waals surface area (Å²) < 4.78 is 13.5. The number of aromatic nitrogens is 1. The van der Waals surface area contributed by atoms with E-state index < -0.39 is 16.4 Å². The van der Waals surface area contributed by atoms with Crippen molar-refractivity contribution < 1.29 is 9.31 Å². The average molecular weight is 267 g/mol. The van der Waals surface area contributed by atoms with Crippen LogP contribution in [-0.2, 0) is 6.54 Å². The number of nitrogens with zero attached hydrogens (tertiary/aromatic N) is 3. The maximum Gasteiger partial charge on any atom is 0.327 e. The van der Waals surface area contributed by atoms with Gasteiger partial charge in [0.05, 0.1) is 22.7 Å². The largest absolute Gasteiger partial charge is 0.363 e. The van der Waals surface area contributed by atoms with E-state index in [0.717, 1.165) is 11.8 Å². The summed E-state index contributed by atoms with van der Waals surface area (Å²) in [5.74, 6) is -0.831. The smallest absolute Gasteiger partial charge is 0.327 e. The van der Waals surface area contributed by atoms with E-state index in [-0.39, 0.29) is 5.69 Å². The molecule has 0 spiro atoms. The van der Waals surface area contributed by atoms with Crippen LogP contribution in [0.3, 0.4) is 0 Å². The lowest BCUT2D eigenvalue weighted by molar-refractivity contribution is -0.386. The van der Waals surface area contributed by atoms with Crippen LogP contribution in [0.1, 0.15) is 5.69 Å². The van der Waals surface area contributed by atoms with Crippen LogP contribution >= 0.6 is 11.3 Å². The molecule has 1 aromatic carbocycles. The number of rotatable bonds is 4. The van der Waals surface area contributed by atoms with Crippen LogP contribution in [0.5, 0.6) is 0 Å². The summed E-state index contributed by atoms with van der Waals surface area (Å²) in [7, 11) is 1.67. The first kappa shape index (κ1) is 12.4.